The second-order valence-electron chi connectivity index (χ2n) is 7.27. The summed E-state index contributed by atoms with van der Waals surface area (Å²) in [6, 6.07) is 19.5. The van der Waals surface area contributed by atoms with E-state index in [1.807, 2.05) is 0 Å². The summed E-state index contributed by atoms with van der Waals surface area (Å²) in [5.74, 6) is -0.800. The van der Waals surface area contributed by atoms with Gasteiger partial charge in [-0.25, -0.2) is 4.39 Å². The zero-order chi connectivity index (χ0) is 24.1. The van der Waals surface area contributed by atoms with Gasteiger partial charge in [0.1, 0.15) is 11.6 Å². The average Bonchev–Trinajstić information content (AvgIpc) is 3.09. The first-order valence-electron chi connectivity index (χ1n) is 10.2. The molecular formula is C25H18ClFN2O4S. The predicted molar refractivity (Wildman–Crippen MR) is 130 cm³/mol. The lowest BCUT2D eigenvalue weighted by Crippen LogP contribution is -2.27. The standard InChI is InChI=1S/C25H18ClFN2O4S/c26-18-7-9-19(10-8-18)28-23(30)15-33-20-11-5-16(6-12-20)13-22-24(31)29(25(32)34-22)14-17-3-1-2-4-21(17)27/h1-13H,14-15H2,(H,28,30)/b22-13-. The summed E-state index contributed by atoms with van der Waals surface area (Å²) in [5.41, 5.74) is 1.55. The number of nitrogens with one attached hydrogen (secondary N) is 1. The molecule has 1 aliphatic heterocycles. The van der Waals surface area contributed by atoms with Gasteiger partial charge in [0.2, 0.25) is 0 Å². The molecule has 0 saturated carbocycles. The van der Waals surface area contributed by atoms with Gasteiger partial charge >= 0.3 is 0 Å². The maximum atomic E-state index is 13.9. The van der Waals surface area contributed by atoms with E-state index in [4.69, 9.17) is 16.3 Å². The van der Waals surface area contributed by atoms with Crippen LogP contribution in [0.1, 0.15) is 11.1 Å². The molecule has 0 unspecified atom stereocenters. The number of thioether (sulfide) groups is 1. The van der Waals surface area contributed by atoms with E-state index in [2.05, 4.69) is 5.32 Å². The van der Waals surface area contributed by atoms with E-state index < -0.39 is 17.0 Å². The number of benzene rings is 3. The zero-order valence-corrected chi connectivity index (χ0v) is 19.2. The fraction of sp³-hybridized carbons (Fsp3) is 0.0800. The van der Waals surface area contributed by atoms with Gasteiger partial charge in [0, 0.05) is 16.3 Å². The van der Waals surface area contributed by atoms with Gasteiger partial charge in [0.05, 0.1) is 11.4 Å². The largest absolute Gasteiger partial charge is 0.484 e. The quantitative estimate of drug-likeness (QED) is 0.422. The number of halogens is 2. The Morgan fingerprint density at radius 1 is 1.03 bits per heavy atom. The van der Waals surface area contributed by atoms with Crippen molar-refractivity contribution >= 4 is 52.2 Å². The Bertz CT molecular complexity index is 1260. The minimum Gasteiger partial charge on any atom is -0.484 e. The molecule has 0 bridgehead atoms. The number of amides is 3. The van der Waals surface area contributed by atoms with Crippen molar-refractivity contribution in [2.45, 2.75) is 6.54 Å². The molecule has 4 rings (SSSR count). The van der Waals surface area contributed by atoms with Crippen molar-refractivity contribution in [2.24, 2.45) is 0 Å². The number of hydrogen-bond acceptors (Lipinski definition) is 5. The number of carbonyl (C=O) groups is 3. The topological polar surface area (TPSA) is 75.7 Å². The highest BCUT2D eigenvalue weighted by molar-refractivity contribution is 8.18. The molecular weight excluding hydrogens is 479 g/mol. The molecule has 3 aromatic rings. The highest BCUT2D eigenvalue weighted by atomic mass is 35.5. The molecule has 1 saturated heterocycles. The van der Waals surface area contributed by atoms with E-state index in [0.29, 0.717) is 22.0 Å². The summed E-state index contributed by atoms with van der Waals surface area (Å²) in [6.07, 6.45) is 1.59. The summed E-state index contributed by atoms with van der Waals surface area (Å²) in [6.45, 7) is -0.309. The van der Waals surface area contributed by atoms with Crippen molar-refractivity contribution in [1.29, 1.82) is 0 Å². The van der Waals surface area contributed by atoms with Gasteiger partial charge in [0.15, 0.2) is 6.61 Å². The lowest BCUT2D eigenvalue weighted by molar-refractivity contribution is -0.123. The molecule has 0 aliphatic carbocycles. The van der Waals surface area contributed by atoms with Crippen molar-refractivity contribution in [3.63, 3.8) is 0 Å². The van der Waals surface area contributed by atoms with E-state index in [0.717, 1.165) is 16.7 Å². The van der Waals surface area contributed by atoms with Crippen LogP contribution in [-0.4, -0.2) is 28.6 Å². The maximum Gasteiger partial charge on any atom is 0.293 e. The summed E-state index contributed by atoms with van der Waals surface area (Å²) in [5, 5.41) is 2.82. The van der Waals surface area contributed by atoms with E-state index in [-0.39, 0.29) is 29.5 Å². The normalized spacial score (nSPS) is 14.5. The molecule has 1 fully saturated rings. The molecule has 172 valence electrons. The molecule has 34 heavy (non-hydrogen) atoms. The minimum atomic E-state index is -0.475. The van der Waals surface area contributed by atoms with E-state index in [1.54, 1.807) is 66.7 Å². The molecule has 1 heterocycles. The maximum absolute atomic E-state index is 13.9. The molecule has 0 spiro atoms. The molecule has 9 heteroatoms. The third-order valence-corrected chi connectivity index (χ3v) is 6.00. The fourth-order valence-electron chi connectivity index (χ4n) is 3.12. The molecule has 3 aromatic carbocycles. The SMILES string of the molecule is O=C(COc1ccc(/C=C2\SC(=O)N(Cc3ccccc3F)C2=O)cc1)Nc1ccc(Cl)cc1. The Balaban J connectivity index is 1.34. The smallest absolute Gasteiger partial charge is 0.293 e. The van der Waals surface area contributed by atoms with Crippen molar-refractivity contribution in [3.05, 3.63) is 99.7 Å². The molecule has 3 amide bonds. The Kier molecular flexibility index (Phi) is 7.30. The highest BCUT2D eigenvalue weighted by Gasteiger charge is 2.35. The Morgan fingerprint density at radius 2 is 1.74 bits per heavy atom. The highest BCUT2D eigenvalue weighted by Crippen LogP contribution is 2.33. The van der Waals surface area contributed by atoms with Gasteiger partial charge in [-0.05, 0) is 65.9 Å². The summed E-state index contributed by atoms with van der Waals surface area (Å²) in [7, 11) is 0. The monoisotopic (exact) mass is 496 g/mol. The zero-order valence-electron chi connectivity index (χ0n) is 17.7. The summed E-state index contributed by atoms with van der Waals surface area (Å²) >= 11 is 6.63. The molecule has 0 atom stereocenters. The second kappa shape index (κ2) is 10.5. The van der Waals surface area contributed by atoms with E-state index in [9.17, 15) is 18.8 Å². The van der Waals surface area contributed by atoms with Crippen molar-refractivity contribution in [3.8, 4) is 5.75 Å². The Hall–Kier alpha value is -3.62. The van der Waals surface area contributed by atoms with Gasteiger partial charge in [0.25, 0.3) is 17.1 Å². The molecule has 1 N–H and O–H groups in total. The number of hydrogen-bond donors (Lipinski definition) is 1. The second-order valence-corrected chi connectivity index (χ2v) is 8.70. The lowest BCUT2D eigenvalue weighted by Gasteiger charge is -2.12. The van der Waals surface area contributed by atoms with Crippen LogP contribution in [0.5, 0.6) is 5.75 Å². The number of rotatable bonds is 7. The Morgan fingerprint density at radius 3 is 2.44 bits per heavy atom. The van der Waals surface area contributed by atoms with Crippen LogP contribution in [0, 0.1) is 5.82 Å². The third kappa shape index (κ3) is 5.84. The van der Waals surface area contributed by atoms with Crippen LogP contribution >= 0.6 is 23.4 Å². The molecule has 6 nitrogen and oxygen atoms in total. The molecule has 0 aromatic heterocycles. The lowest BCUT2D eigenvalue weighted by atomic mass is 10.2. The van der Waals surface area contributed by atoms with Crippen LogP contribution in [0.4, 0.5) is 14.9 Å². The molecule has 0 radical (unpaired) electrons. The van der Waals surface area contributed by atoms with Crippen LogP contribution in [0.3, 0.4) is 0 Å². The van der Waals surface area contributed by atoms with Gasteiger partial charge < -0.3 is 10.1 Å². The number of anilines is 1. The average molecular weight is 497 g/mol. The first-order chi connectivity index (χ1) is 16.4. The molecule has 1 aliphatic rings. The Labute approximate surface area is 204 Å². The van der Waals surface area contributed by atoms with Gasteiger partial charge in [-0.1, -0.05) is 41.9 Å². The number of nitrogens with zero attached hydrogens (tertiary/aromatic N) is 1. The fourth-order valence-corrected chi connectivity index (χ4v) is 4.09. The van der Waals surface area contributed by atoms with Crippen molar-refractivity contribution in [2.75, 3.05) is 11.9 Å². The van der Waals surface area contributed by atoms with Crippen molar-refractivity contribution < 1.29 is 23.5 Å². The number of ether oxygens (including phenoxy) is 1. The van der Waals surface area contributed by atoms with Crippen LogP contribution in [0.15, 0.2) is 77.7 Å². The minimum absolute atomic E-state index is 0.125. The van der Waals surface area contributed by atoms with Crippen LogP contribution in [-0.2, 0) is 16.1 Å². The van der Waals surface area contributed by atoms with Crippen LogP contribution < -0.4 is 10.1 Å². The first kappa shape index (κ1) is 23.5. The number of imide groups is 1. The van der Waals surface area contributed by atoms with Gasteiger partial charge in [-0.15, -0.1) is 0 Å². The van der Waals surface area contributed by atoms with Gasteiger partial charge in [-0.2, -0.15) is 0 Å². The van der Waals surface area contributed by atoms with Crippen molar-refractivity contribution in [1.82, 2.24) is 4.90 Å². The van der Waals surface area contributed by atoms with E-state index in [1.165, 1.54) is 12.1 Å². The third-order valence-electron chi connectivity index (χ3n) is 4.84. The van der Waals surface area contributed by atoms with Crippen LogP contribution in [0.25, 0.3) is 6.08 Å². The summed E-state index contributed by atoms with van der Waals surface area (Å²) in [4.78, 5) is 38.3. The first-order valence-corrected chi connectivity index (χ1v) is 11.4. The predicted octanol–water partition coefficient (Wildman–Crippen LogP) is 5.73. The summed E-state index contributed by atoms with van der Waals surface area (Å²) < 4.78 is 19.4. The number of carbonyl (C=O) groups excluding carboxylic acids is 3. The van der Waals surface area contributed by atoms with Crippen LogP contribution in [0.2, 0.25) is 5.02 Å². The van der Waals surface area contributed by atoms with E-state index >= 15 is 0 Å². The van der Waals surface area contributed by atoms with Gasteiger partial charge in [-0.3, -0.25) is 19.3 Å².